The second-order valence-electron chi connectivity index (χ2n) is 3.24. The van der Waals surface area contributed by atoms with Crippen LogP contribution in [0.2, 0.25) is 0 Å². The second kappa shape index (κ2) is 4.61. The van der Waals surface area contributed by atoms with E-state index in [1.807, 2.05) is 6.07 Å². The molecular weight excluding hydrogens is 168 g/mol. The van der Waals surface area contributed by atoms with Crippen LogP contribution in [0, 0.1) is 6.92 Å². The maximum absolute atomic E-state index is 2.20. The summed E-state index contributed by atoms with van der Waals surface area (Å²) in [7, 11) is 0. The molecule has 0 aromatic heterocycles. The SMILES string of the molecule is C.Cc1cccc(-c2ccccc2)c1. The van der Waals surface area contributed by atoms with E-state index in [1.54, 1.807) is 0 Å². The third-order valence-electron chi connectivity index (χ3n) is 2.13. The van der Waals surface area contributed by atoms with Gasteiger partial charge in [-0.2, -0.15) is 0 Å². The van der Waals surface area contributed by atoms with Gasteiger partial charge in [0.15, 0.2) is 0 Å². The van der Waals surface area contributed by atoms with Gasteiger partial charge in [-0.15, -0.1) is 0 Å². The molecule has 0 aliphatic heterocycles. The van der Waals surface area contributed by atoms with Crippen LogP contribution in [0.5, 0.6) is 0 Å². The molecule has 0 heteroatoms. The van der Waals surface area contributed by atoms with Crippen molar-refractivity contribution in [3.05, 3.63) is 60.2 Å². The number of aryl methyl sites for hydroxylation is 1. The van der Waals surface area contributed by atoms with Crippen molar-refractivity contribution in [1.82, 2.24) is 0 Å². The summed E-state index contributed by atoms with van der Waals surface area (Å²) in [6, 6.07) is 19.0. The van der Waals surface area contributed by atoms with Crippen molar-refractivity contribution in [2.75, 3.05) is 0 Å². The molecule has 0 unspecified atom stereocenters. The highest BCUT2D eigenvalue weighted by atomic mass is 14.0. The van der Waals surface area contributed by atoms with Crippen molar-refractivity contribution in [1.29, 1.82) is 0 Å². The first-order valence-corrected chi connectivity index (χ1v) is 4.48. The van der Waals surface area contributed by atoms with Crippen molar-refractivity contribution < 1.29 is 0 Å². The van der Waals surface area contributed by atoms with Crippen LogP contribution in [0.3, 0.4) is 0 Å². The predicted octanol–water partition coefficient (Wildman–Crippen LogP) is 4.30. The molecule has 0 bridgehead atoms. The molecule has 0 fully saturated rings. The first kappa shape index (κ1) is 10.5. The monoisotopic (exact) mass is 184 g/mol. The lowest BCUT2D eigenvalue weighted by molar-refractivity contribution is 1.47. The zero-order valence-corrected chi connectivity index (χ0v) is 7.70. The van der Waals surface area contributed by atoms with Crippen LogP contribution >= 0.6 is 0 Å². The minimum atomic E-state index is 0. The molecule has 0 aliphatic rings. The Balaban J connectivity index is 0.000000980. The summed E-state index contributed by atoms with van der Waals surface area (Å²) < 4.78 is 0. The van der Waals surface area contributed by atoms with E-state index < -0.39 is 0 Å². The fourth-order valence-corrected chi connectivity index (χ4v) is 1.46. The van der Waals surface area contributed by atoms with E-state index in [2.05, 4.69) is 55.5 Å². The van der Waals surface area contributed by atoms with Gasteiger partial charge in [0.2, 0.25) is 0 Å². The lowest BCUT2D eigenvalue weighted by Gasteiger charge is -2.01. The number of benzene rings is 2. The van der Waals surface area contributed by atoms with Crippen LogP contribution in [0.1, 0.15) is 13.0 Å². The van der Waals surface area contributed by atoms with Crippen LogP contribution in [-0.4, -0.2) is 0 Å². The molecule has 0 heterocycles. The third-order valence-corrected chi connectivity index (χ3v) is 2.13. The average molecular weight is 184 g/mol. The van der Waals surface area contributed by atoms with E-state index in [9.17, 15) is 0 Å². The summed E-state index contributed by atoms with van der Waals surface area (Å²) in [6.45, 7) is 2.12. The molecule has 2 rings (SSSR count). The van der Waals surface area contributed by atoms with Crippen molar-refractivity contribution in [3.63, 3.8) is 0 Å². The first-order valence-electron chi connectivity index (χ1n) is 4.48. The molecule has 0 nitrogen and oxygen atoms in total. The van der Waals surface area contributed by atoms with Crippen molar-refractivity contribution in [2.24, 2.45) is 0 Å². The van der Waals surface area contributed by atoms with Gasteiger partial charge in [-0.25, -0.2) is 0 Å². The van der Waals surface area contributed by atoms with Crippen molar-refractivity contribution in [3.8, 4) is 11.1 Å². The van der Waals surface area contributed by atoms with Gasteiger partial charge in [0.25, 0.3) is 0 Å². The molecule has 0 aliphatic carbocycles. The summed E-state index contributed by atoms with van der Waals surface area (Å²) in [4.78, 5) is 0. The molecule has 2 aromatic rings. The second-order valence-corrected chi connectivity index (χ2v) is 3.24. The smallest absolute Gasteiger partial charge is 0.0181 e. The van der Waals surface area contributed by atoms with Crippen LogP contribution in [0.15, 0.2) is 54.6 Å². The van der Waals surface area contributed by atoms with Gasteiger partial charge in [0.1, 0.15) is 0 Å². The van der Waals surface area contributed by atoms with Gasteiger partial charge in [0.05, 0.1) is 0 Å². The Hall–Kier alpha value is -1.56. The first-order chi connectivity index (χ1) is 6.36. The van der Waals surface area contributed by atoms with Gasteiger partial charge in [-0.05, 0) is 18.1 Å². The summed E-state index contributed by atoms with van der Waals surface area (Å²) in [5.41, 5.74) is 3.88. The highest BCUT2D eigenvalue weighted by molar-refractivity contribution is 5.63. The molecule has 0 atom stereocenters. The van der Waals surface area contributed by atoms with Gasteiger partial charge in [-0.1, -0.05) is 67.6 Å². The topological polar surface area (TPSA) is 0 Å². The fourth-order valence-electron chi connectivity index (χ4n) is 1.46. The zero-order valence-electron chi connectivity index (χ0n) is 7.70. The predicted molar refractivity (Wildman–Crippen MR) is 63.3 cm³/mol. The lowest BCUT2D eigenvalue weighted by Crippen LogP contribution is -1.77. The maximum atomic E-state index is 2.20. The van der Waals surface area contributed by atoms with Crippen LogP contribution in [-0.2, 0) is 0 Å². The Morgan fingerprint density at radius 3 is 2.00 bits per heavy atom. The third kappa shape index (κ3) is 2.23. The summed E-state index contributed by atoms with van der Waals surface area (Å²) in [5.74, 6) is 0. The fraction of sp³-hybridized carbons (Fsp3) is 0.143. The zero-order chi connectivity index (χ0) is 9.10. The summed E-state index contributed by atoms with van der Waals surface area (Å²) in [5, 5.41) is 0. The summed E-state index contributed by atoms with van der Waals surface area (Å²) in [6.07, 6.45) is 0. The van der Waals surface area contributed by atoms with Gasteiger partial charge >= 0.3 is 0 Å². The molecule has 0 spiro atoms. The average Bonchev–Trinajstić information content (AvgIpc) is 2.19. The van der Waals surface area contributed by atoms with E-state index >= 15 is 0 Å². The van der Waals surface area contributed by atoms with Crippen molar-refractivity contribution in [2.45, 2.75) is 14.4 Å². The van der Waals surface area contributed by atoms with Crippen LogP contribution in [0.4, 0.5) is 0 Å². The molecule has 72 valence electrons. The van der Waals surface area contributed by atoms with Crippen LogP contribution < -0.4 is 0 Å². The Morgan fingerprint density at radius 2 is 1.36 bits per heavy atom. The lowest BCUT2D eigenvalue weighted by atomic mass is 10.0. The van der Waals surface area contributed by atoms with E-state index in [1.165, 1.54) is 16.7 Å². The quantitative estimate of drug-likeness (QED) is 0.620. The van der Waals surface area contributed by atoms with Gasteiger partial charge in [0, 0.05) is 0 Å². The number of hydrogen-bond donors (Lipinski definition) is 0. The highest BCUT2D eigenvalue weighted by Gasteiger charge is 1.94. The molecule has 0 saturated heterocycles. The summed E-state index contributed by atoms with van der Waals surface area (Å²) >= 11 is 0. The Morgan fingerprint density at radius 1 is 0.714 bits per heavy atom. The Labute approximate surface area is 86.2 Å². The van der Waals surface area contributed by atoms with E-state index in [0.717, 1.165) is 0 Å². The number of hydrogen-bond acceptors (Lipinski definition) is 0. The molecule has 0 N–H and O–H groups in total. The largest absolute Gasteiger partial charge is 0.0776 e. The molecule has 2 aromatic carbocycles. The standard InChI is InChI=1S/C13H12.CH4/c1-11-6-5-9-13(10-11)12-7-3-2-4-8-12;/h2-10H,1H3;1H4. The molecule has 0 radical (unpaired) electrons. The van der Waals surface area contributed by atoms with Crippen LogP contribution in [0.25, 0.3) is 11.1 Å². The van der Waals surface area contributed by atoms with Gasteiger partial charge < -0.3 is 0 Å². The Kier molecular flexibility index (Phi) is 3.47. The highest BCUT2D eigenvalue weighted by Crippen LogP contribution is 2.19. The molecule has 0 amide bonds. The number of rotatable bonds is 1. The van der Waals surface area contributed by atoms with Crippen molar-refractivity contribution >= 4 is 0 Å². The Bertz CT molecular complexity index is 388. The molecular formula is C14H16. The van der Waals surface area contributed by atoms with E-state index in [4.69, 9.17) is 0 Å². The van der Waals surface area contributed by atoms with E-state index in [0.29, 0.717) is 0 Å². The maximum Gasteiger partial charge on any atom is -0.0181 e. The van der Waals surface area contributed by atoms with E-state index in [-0.39, 0.29) is 7.43 Å². The molecule has 0 saturated carbocycles. The minimum Gasteiger partial charge on any atom is -0.0776 e. The normalized spacial score (nSPS) is 9.21. The molecule has 14 heavy (non-hydrogen) atoms. The van der Waals surface area contributed by atoms with Gasteiger partial charge in [-0.3, -0.25) is 0 Å². The minimum absolute atomic E-state index is 0.